The summed E-state index contributed by atoms with van der Waals surface area (Å²) in [5.41, 5.74) is 9.76. The molecule has 4 aromatic rings. The Hall–Kier alpha value is -4.65. The van der Waals surface area contributed by atoms with Crippen LogP contribution in [0.1, 0.15) is 32.8 Å². The maximum absolute atomic E-state index is 12.6. The van der Waals surface area contributed by atoms with Crippen LogP contribution in [0.5, 0.6) is 0 Å². The topological polar surface area (TPSA) is 171 Å². The van der Waals surface area contributed by atoms with Crippen LogP contribution in [0.25, 0.3) is 28.1 Å². The molecule has 12 heteroatoms. The Morgan fingerprint density at radius 3 is 2.45 bits per heavy atom. The number of nitrogen functional groups attached to an aromatic ring is 1. The summed E-state index contributed by atoms with van der Waals surface area (Å²) in [7, 11) is -3.58. The number of amides is 2. The Bertz CT molecular complexity index is 1660. The zero-order chi connectivity index (χ0) is 26.4. The number of H-pyrrole nitrogens is 1. The van der Waals surface area contributed by atoms with Crippen molar-refractivity contribution in [3.05, 3.63) is 89.2 Å². The van der Waals surface area contributed by atoms with Crippen LogP contribution in [0.15, 0.2) is 77.4 Å². The van der Waals surface area contributed by atoms with Crippen molar-refractivity contribution in [3.63, 3.8) is 0 Å². The monoisotopic (exact) mass is 527 g/mol. The number of para-hydroxylation sites is 2. The van der Waals surface area contributed by atoms with Crippen molar-refractivity contribution in [2.45, 2.75) is 6.42 Å². The van der Waals surface area contributed by atoms with Gasteiger partial charge in [0.1, 0.15) is 10.7 Å². The Labute approximate surface area is 217 Å². The Balaban J connectivity index is 1.28. The summed E-state index contributed by atoms with van der Waals surface area (Å²) in [5, 5.41) is 1.04. The standard InChI is InChI=1S/C26H21N7O4S/c27-23-22(24-31-18-7-3-4-8-19(18)32-24)30-20(14-29-23)15-9-10-28-21(13-15)38(36,37)12-11-33-25(34)16-5-1-2-6-17(16)26(33)35/h1-8,11-14,36-37H,9-10H2,(H2,27,29)(H,31,32). The maximum atomic E-state index is 12.6. The molecule has 0 aliphatic carbocycles. The number of rotatable bonds is 4. The first kappa shape index (κ1) is 23.7. The van der Waals surface area contributed by atoms with Gasteiger partial charge in [0.05, 0.1) is 34.1 Å². The fraction of sp³-hybridized carbons (Fsp3) is 0.0769. The third kappa shape index (κ3) is 4.06. The van der Waals surface area contributed by atoms with Gasteiger partial charge in [-0.2, -0.15) is 0 Å². The summed E-state index contributed by atoms with van der Waals surface area (Å²) in [6.45, 7) is 0.282. The molecule has 0 atom stereocenters. The van der Waals surface area contributed by atoms with E-state index in [1.165, 1.54) is 12.3 Å². The van der Waals surface area contributed by atoms with Gasteiger partial charge in [-0.1, -0.05) is 24.3 Å². The molecule has 2 amide bonds. The Morgan fingerprint density at radius 2 is 1.71 bits per heavy atom. The molecule has 5 N–H and O–H groups in total. The summed E-state index contributed by atoms with van der Waals surface area (Å²) in [5.74, 6) is -0.397. The number of dihydropyridines is 1. The van der Waals surface area contributed by atoms with Crippen LogP contribution in [0.4, 0.5) is 5.82 Å². The number of imidazole rings is 1. The third-order valence-electron chi connectivity index (χ3n) is 6.22. The van der Waals surface area contributed by atoms with E-state index in [2.05, 4.69) is 24.9 Å². The lowest BCUT2D eigenvalue weighted by molar-refractivity contribution is 0.0722. The number of aromatic amines is 1. The highest BCUT2D eigenvalue weighted by Crippen LogP contribution is 2.45. The van der Waals surface area contributed by atoms with Gasteiger partial charge in [0.2, 0.25) is 0 Å². The second-order valence-electron chi connectivity index (χ2n) is 8.64. The van der Waals surface area contributed by atoms with E-state index in [1.807, 2.05) is 24.3 Å². The molecular formula is C26H21N7O4S. The van der Waals surface area contributed by atoms with Gasteiger partial charge in [-0.3, -0.25) is 23.7 Å². The molecular weight excluding hydrogens is 506 g/mol. The Kier molecular flexibility index (Phi) is 5.64. The fourth-order valence-electron chi connectivity index (χ4n) is 4.29. The summed E-state index contributed by atoms with van der Waals surface area (Å²) < 4.78 is 21.7. The molecule has 0 unspecified atom stereocenters. The number of nitrogens with zero attached hydrogens (tertiary/aromatic N) is 5. The smallest absolute Gasteiger partial charge is 0.265 e. The summed E-state index contributed by atoms with van der Waals surface area (Å²) in [6.07, 6.45) is 4.62. The average molecular weight is 528 g/mol. The lowest BCUT2D eigenvalue weighted by Gasteiger charge is -2.30. The molecule has 2 aromatic heterocycles. The van der Waals surface area contributed by atoms with E-state index in [9.17, 15) is 18.7 Å². The quantitative estimate of drug-likeness (QED) is 0.284. The number of benzene rings is 2. The van der Waals surface area contributed by atoms with Crippen molar-refractivity contribution >= 4 is 49.9 Å². The number of hydrogen-bond acceptors (Lipinski definition) is 9. The van der Waals surface area contributed by atoms with Crippen molar-refractivity contribution in [2.24, 2.45) is 4.99 Å². The van der Waals surface area contributed by atoms with Crippen LogP contribution < -0.4 is 5.73 Å². The summed E-state index contributed by atoms with van der Waals surface area (Å²) in [6, 6.07) is 14.0. The number of aromatic nitrogens is 4. The van der Waals surface area contributed by atoms with Crippen LogP contribution in [0.2, 0.25) is 0 Å². The first-order valence-corrected chi connectivity index (χ1v) is 13.2. The highest BCUT2D eigenvalue weighted by atomic mass is 32.3. The molecule has 0 saturated carbocycles. The second kappa shape index (κ2) is 9.03. The van der Waals surface area contributed by atoms with Crippen LogP contribution in [-0.4, -0.2) is 57.3 Å². The molecule has 6 rings (SSSR count). The van der Waals surface area contributed by atoms with Gasteiger partial charge in [-0.25, -0.2) is 19.9 Å². The van der Waals surface area contributed by atoms with E-state index >= 15 is 0 Å². The number of hydrogen-bond donors (Lipinski definition) is 4. The lowest BCUT2D eigenvalue weighted by Crippen LogP contribution is -2.24. The van der Waals surface area contributed by atoms with Gasteiger partial charge in [-0.15, -0.1) is 10.6 Å². The number of carbonyl (C=O) groups excluding carboxylic acids is 2. The molecule has 190 valence electrons. The number of carbonyl (C=O) groups is 2. The van der Waals surface area contributed by atoms with Crippen LogP contribution >= 0.6 is 10.6 Å². The predicted molar refractivity (Wildman–Crippen MR) is 145 cm³/mol. The predicted octanol–water partition coefficient (Wildman–Crippen LogP) is 4.31. The summed E-state index contributed by atoms with van der Waals surface area (Å²) >= 11 is 0. The molecule has 38 heavy (non-hydrogen) atoms. The van der Waals surface area contributed by atoms with Gasteiger partial charge < -0.3 is 10.7 Å². The average Bonchev–Trinajstić information content (AvgIpc) is 3.47. The number of aliphatic imine (C=N–C) groups is 1. The van der Waals surface area contributed by atoms with Crippen molar-refractivity contribution in [1.29, 1.82) is 0 Å². The molecule has 2 aliphatic rings. The van der Waals surface area contributed by atoms with Gasteiger partial charge in [0.25, 0.3) is 11.8 Å². The lowest BCUT2D eigenvalue weighted by atomic mass is 10.1. The number of imide groups is 1. The van der Waals surface area contributed by atoms with Gasteiger partial charge in [-0.05, 0) is 42.3 Å². The number of anilines is 1. The molecule has 0 radical (unpaired) electrons. The minimum Gasteiger partial charge on any atom is -0.382 e. The van der Waals surface area contributed by atoms with Crippen LogP contribution in [0.3, 0.4) is 0 Å². The zero-order valence-corrected chi connectivity index (χ0v) is 20.6. The fourth-order valence-corrected chi connectivity index (χ4v) is 5.32. The van der Waals surface area contributed by atoms with E-state index in [4.69, 9.17) is 5.73 Å². The number of fused-ring (bicyclic) bond motifs is 2. The first-order chi connectivity index (χ1) is 18.3. The minimum atomic E-state index is -3.58. The molecule has 0 bridgehead atoms. The van der Waals surface area contributed by atoms with Gasteiger partial charge in [0.15, 0.2) is 11.6 Å². The second-order valence-corrected chi connectivity index (χ2v) is 10.5. The van der Waals surface area contributed by atoms with E-state index < -0.39 is 22.4 Å². The van der Waals surface area contributed by atoms with Crippen molar-refractivity contribution in [2.75, 3.05) is 12.3 Å². The molecule has 0 spiro atoms. The number of nitrogens with two attached hydrogens (primary N) is 1. The highest BCUT2D eigenvalue weighted by Gasteiger charge is 2.34. The zero-order valence-electron chi connectivity index (χ0n) is 19.8. The van der Waals surface area contributed by atoms with Crippen molar-refractivity contribution < 1.29 is 18.7 Å². The van der Waals surface area contributed by atoms with Gasteiger partial charge >= 0.3 is 0 Å². The SMILES string of the molecule is Nc1ncc(C2=CC(S(O)(O)C=CN3C(=O)c4ccccc4C3=O)=NCC2)nc1-c1nc2ccccc2[nH]1. The van der Waals surface area contributed by atoms with E-state index in [-0.39, 0.29) is 28.5 Å². The molecule has 2 aliphatic heterocycles. The van der Waals surface area contributed by atoms with Crippen molar-refractivity contribution in [1.82, 2.24) is 24.8 Å². The van der Waals surface area contributed by atoms with Crippen molar-refractivity contribution in [3.8, 4) is 11.5 Å². The third-order valence-corrected chi connectivity index (χ3v) is 7.59. The van der Waals surface area contributed by atoms with E-state index in [0.29, 0.717) is 29.2 Å². The molecule has 2 aromatic carbocycles. The van der Waals surface area contributed by atoms with Crippen LogP contribution in [-0.2, 0) is 0 Å². The van der Waals surface area contributed by atoms with Crippen LogP contribution in [0, 0.1) is 0 Å². The largest absolute Gasteiger partial charge is 0.382 e. The molecule has 11 nitrogen and oxygen atoms in total. The number of nitrogens with one attached hydrogen (secondary N) is 1. The Morgan fingerprint density at radius 1 is 1.00 bits per heavy atom. The first-order valence-electron chi connectivity index (χ1n) is 11.6. The van der Waals surface area contributed by atoms with Gasteiger partial charge in [0, 0.05) is 18.2 Å². The van der Waals surface area contributed by atoms with E-state index in [1.54, 1.807) is 24.3 Å². The minimum absolute atomic E-state index is 0.00974. The normalized spacial score (nSPS) is 16.2. The molecule has 0 fully saturated rings. The maximum Gasteiger partial charge on any atom is 0.265 e. The molecule has 0 saturated heterocycles. The highest BCUT2D eigenvalue weighted by molar-refractivity contribution is 8.39. The molecule has 4 heterocycles. The summed E-state index contributed by atoms with van der Waals surface area (Å²) in [4.78, 5) is 47.0. The van der Waals surface area contributed by atoms with E-state index in [0.717, 1.165) is 27.5 Å².